The van der Waals surface area contributed by atoms with E-state index in [0.29, 0.717) is 5.56 Å². The first kappa shape index (κ1) is 11.7. The molecule has 0 fully saturated rings. The summed E-state index contributed by atoms with van der Waals surface area (Å²) in [5.41, 5.74) is 6.26. The summed E-state index contributed by atoms with van der Waals surface area (Å²) >= 11 is 0. The molecule has 5 heteroatoms. The summed E-state index contributed by atoms with van der Waals surface area (Å²) in [6.07, 6.45) is -0.0534. The van der Waals surface area contributed by atoms with Crippen LogP contribution >= 0.6 is 0 Å². The molecule has 82 valence electrons. The number of aryl methyl sites for hydroxylation is 1. The van der Waals surface area contributed by atoms with Crippen LogP contribution in [-0.4, -0.2) is 10.8 Å². The van der Waals surface area contributed by atoms with Crippen LogP contribution in [0.5, 0.6) is 0 Å². The Bertz CT molecular complexity index is 498. The second-order valence-corrected chi connectivity index (χ2v) is 3.20. The van der Waals surface area contributed by atoms with Gasteiger partial charge in [0.25, 0.3) is 5.69 Å². The van der Waals surface area contributed by atoms with Crippen LogP contribution in [0.4, 0.5) is 5.69 Å². The monoisotopic (exact) mass is 218 g/mol. The second kappa shape index (κ2) is 4.94. The van der Waals surface area contributed by atoms with Crippen molar-refractivity contribution in [1.82, 2.24) is 0 Å². The number of rotatable bonds is 2. The lowest BCUT2D eigenvalue weighted by Crippen LogP contribution is -2.08. The van der Waals surface area contributed by atoms with Crippen LogP contribution in [0.15, 0.2) is 18.2 Å². The Morgan fingerprint density at radius 3 is 2.81 bits per heavy atom. The molecule has 1 aromatic carbocycles. The largest absolute Gasteiger partial charge is 0.369 e. The molecule has 0 aliphatic carbocycles. The molecule has 16 heavy (non-hydrogen) atoms. The number of amides is 1. The number of nitro benzene ring substituents is 1. The molecule has 0 unspecified atom stereocenters. The van der Waals surface area contributed by atoms with E-state index in [0.717, 1.165) is 5.56 Å². The zero-order chi connectivity index (χ0) is 12.1. The average Bonchev–Trinajstić information content (AvgIpc) is 2.20. The van der Waals surface area contributed by atoms with E-state index < -0.39 is 10.8 Å². The van der Waals surface area contributed by atoms with Crippen LogP contribution < -0.4 is 5.73 Å². The van der Waals surface area contributed by atoms with E-state index in [2.05, 4.69) is 11.8 Å². The molecule has 0 aromatic heterocycles. The lowest BCUT2D eigenvalue weighted by atomic mass is 10.1. The summed E-state index contributed by atoms with van der Waals surface area (Å²) in [7, 11) is 0. The molecule has 0 atom stereocenters. The molecule has 0 heterocycles. The minimum atomic E-state index is -0.518. The van der Waals surface area contributed by atoms with Gasteiger partial charge in [-0.3, -0.25) is 14.9 Å². The van der Waals surface area contributed by atoms with E-state index in [1.165, 1.54) is 12.1 Å². The number of non-ortho nitro benzene ring substituents is 1. The van der Waals surface area contributed by atoms with Crippen molar-refractivity contribution in [3.63, 3.8) is 0 Å². The Balaban J connectivity index is 3.01. The van der Waals surface area contributed by atoms with Gasteiger partial charge in [-0.25, -0.2) is 0 Å². The van der Waals surface area contributed by atoms with Crippen LogP contribution in [0, 0.1) is 28.9 Å². The molecule has 1 aromatic rings. The topological polar surface area (TPSA) is 86.2 Å². The van der Waals surface area contributed by atoms with Gasteiger partial charge >= 0.3 is 0 Å². The third-order valence-corrected chi connectivity index (χ3v) is 1.92. The lowest BCUT2D eigenvalue weighted by Gasteiger charge is -1.97. The predicted molar refractivity (Wildman–Crippen MR) is 58.5 cm³/mol. The van der Waals surface area contributed by atoms with Gasteiger partial charge in [-0.2, -0.15) is 0 Å². The Kier molecular flexibility index (Phi) is 3.62. The predicted octanol–water partition coefficient (Wildman–Crippen LogP) is 1.13. The Labute approximate surface area is 92.4 Å². The Morgan fingerprint density at radius 1 is 1.56 bits per heavy atom. The minimum Gasteiger partial charge on any atom is -0.369 e. The maximum Gasteiger partial charge on any atom is 0.270 e. The summed E-state index contributed by atoms with van der Waals surface area (Å²) in [5.74, 6) is 4.73. The quantitative estimate of drug-likeness (QED) is 0.458. The summed E-state index contributed by atoms with van der Waals surface area (Å²) in [5, 5.41) is 10.5. The zero-order valence-electron chi connectivity index (χ0n) is 8.69. The average molecular weight is 218 g/mol. The SMILES string of the molecule is Cc1ccc([N+](=O)[O-])cc1C#CCC(N)=O. The van der Waals surface area contributed by atoms with Gasteiger partial charge in [-0.1, -0.05) is 17.9 Å². The number of carbonyl (C=O) groups excluding carboxylic acids is 1. The van der Waals surface area contributed by atoms with Gasteiger partial charge < -0.3 is 5.73 Å². The van der Waals surface area contributed by atoms with Gasteiger partial charge in [0, 0.05) is 17.7 Å². The molecule has 0 saturated heterocycles. The fourth-order valence-electron chi connectivity index (χ4n) is 1.08. The van der Waals surface area contributed by atoms with E-state index in [9.17, 15) is 14.9 Å². The first-order chi connectivity index (χ1) is 7.50. The van der Waals surface area contributed by atoms with Crippen LogP contribution in [0.2, 0.25) is 0 Å². The van der Waals surface area contributed by atoms with Crippen molar-refractivity contribution >= 4 is 11.6 Å². The van der Waals surface area contributed by atoms with Gasteiger partial charge in [0.05, 0.1) is 11.3 Å². The molecule has 2 N–H and O–H groups in total. The summed E-state index contributed by atoms with van der Waals surface area (Å²) < 4.78 is 0. The molecule has 0 radical (unpaired) electrons. The normalized spacial score (nSPS) is 9.06. The fourth-order valence-corrected chi connectivity index (χ4v) is 1.08. The van der Waals surface area contributed by atoms with Crippen molar-refractivity contribution in [3.8, 4) is 11.8 Å². The number of hydrogen-bond acceptors (Lipinski definition) is 3. The highest BCUT2D eigenvalue weighted by Crippen LogP contribution is 2.16. The first-order valence-electron chi connectivity index (χ1n) is 4.53. The number of nitrogens with zero attached hydrogens (tertiary/aromatic N) is 1. The third kappa shape index (κ3) is 3.10. The van der Waals surface area contributed by atoms with Crippen molar-refractivity contribution in [3.05, 3.63) is 39.4 Å². The smallest absolute Gasteiger partial charge is 0.270 e. The van der Waals surface area contributed by atoms with Crippen LogP contribution in [0.1, 0.15) is 17.5 Å². The molecule has 1 amide bonds. The molecule has 1 rings (SSSR count). The van der Waals surface area contributed by atoms with Gasteiger partial charge in [-0.15, -0.1) is 0 Å². The summed E-state index contributed by atoms with van der Waals surface area (Å²) in [4.78, 5) is 20.5. The van der Waals surface area contributed by atoms with Crippen LogP contribution in [0.25, 0.3) is 0 Å². The molecule has 0 saturated carbocycles. The number of carbonyl (C=O) groups is 1. The minimum absolute atomic E-state index is 0.0195. The van der Waals surface area contributed by atoms with Gasteiger partial charge in [-0.05, 0) is 12.5 Å². The third-order valence-electron chi connectivity index (χ3n) is 1.92. The lowest BCUT2D eigenvalue weighted by molar-refractivity contribution is -0.384. The van der Waals surface area contributed by atoms with E-state index in [1.54, 1.807) is 13.0 Å². The molecular formula is C11H10N2O3. The Hall–Kier alpha value is -2.35. The molecule has 0 aliphatic rings. The molecular weight excluding hydrogens is 208 g/mol. The van der Waals surface area contributed by atoms with Crippen molar-refractivity contribution < 1.29 is 9.72 Å². The summed E-state index contributed by atoms with van der Waals surface area (Å²) in [6, 6.07) is 4.41. The highest BCUT2D eigenvalue weighted by atomic mass is 16.6. The standard InChI is InChI=1S/C11H10N2O3/c1-8-5-6-10(13(15)16)7-9(8)3-2-4-11(12)14/h5-7H,4H2,1H3,(H2,12,14). The maximum absolute atomic E-state index is 10.5. The number of nitro groups is 1. The highest BCUT2D eigenvalue weighted by Gasteiger charge is 2.06. The van der Waals surface area contributed by atoms with Crippen LogP contribution in [-0.2, 0) is 4.79 Å². The van der Waals surface area contributed by atoms with Crippen molar-refractivity contribution in [2.45, 2.75) is 13.3 Å². The highest BCUT2D eigenvalue weighted by molar-refractivity contribution is 5.76. The number of primary amides is 1. The van der Waals surface area contributed by atoms with E-state index >= 15 is 0 Å². The maximum atomic E-state index is 10.5. The van der Waals surface area contributed by atoms with Gasteiger partial charge in [0.15, 0.2) is 0 Å². The van der Waals surface area contributed by atoms with Gasteiger partial charge in [0.2, 0.25) is 5.91 Å². The van der Waals surface area contributed by atoms with E-state index in [1.807, 2.05) is 0 Å². The number of benzene rings is 1. The van der Waals surface area contributed by atoms with Gasteiger partial charge in [0.1, 0.15) is 0 Å². The van der Waals surface area contributed by atoms with Crippen molar-refractivity contribution in [2.24, 2.45) is 5.73 Å². The number of nitrogens with two attached hydrogens (primary N) is 1. The fraction of sp³-hybridized carbons (Fsp3) is 0.182. The Morgan fingerprint density at radius 2 is 2.25 bits per heavy atom. The van der Waals surface area contributed by atoms with Crippen molar-refractivity contribution in [1.29, 1.82) is 0 Å². The zero-order valence-corrected chi connectivity index (χ0v) is 8.69. The van der Waals surface area contributed by atoms with E-state index in [4.69, 9.17) is 5.73 Å². The molecule has 0 aliphatic heterocycles. The summed E-state index contributed by atoms with van der Waals surface area (Å²) in [6.45, 7) is 1.79. The first-order valence-corrected chi connectivity index (χ1v) is 4.53. The number of hydrogen-bond donors (Lipinski definition) is 1. The second-order valence-electron chi connectivity index (χ2n) is 3.20. The van der Waals surface area contributed by atoms with Crippen LogP contribution in [0.3, 0.4) is 0 Å². The molecule has 0 bridgehead atoms. The molecule has 5 nitrogen and oxygen atoms in total. The molecule has 0 spiro atoms. The van der Waals surface area contributed by atoms with Crippen molar-refractivity contribution in [2.75, 3.05) is 0 Å². The van der Waals surface area contributed by atoms with E-state index in [-0.39, 0.29) is 12.1 Å².